The summed E-state index contributed by atoms with van der Waals surface area (Å²) in [6.45, 7) is 1.27. The Labute approximate surface area is 123 Å². The van der Waals surface area contributed by atoms with Gasteiger partial charge in [0.1, 0.15) is 11.5 Å². The zero-order chi connectivity index (χ0) is 14.7. The van der Waals surface area contributed by atoms with Crippen molar-refractivity contribution >= 4 is 10.8 Å². The zero-order valence-corrected chi connectivity index (χ0v) is 11.6. The van der Waals surface area contributed by atoms with Crippen LogP contribution in [0.3, 0.4) is 0 Å². The monoisotopic (exact) mass is 279 g/mol. The van der Waals surface area contributed by atoms with Gasteiger partial charge in [-0.1, -0.05) is 42.5 Å². The van der Waals surface area contributed by atoms with E-state index in [1.54, 1.807) is 18.2 Å². The maximum Gasteiger partial charge on any atom is 0.120 e. The number of benzene rings is 3. The fourth-order valence-electron chi connectivity index (χ4n) is 2.46. The second-order valence-electron chi connectivity index (χ2n) is 5.05. The van der Waals surface area contributed by atoms with Crippen LogP contribution in [0.25, 0.3) is 10.8 Å². The van der Waals surface area contributed by atoms with E-state index in [2.05, 4.69) is 5.32 Å². The van der Waals surface area contributed by atoms with Gasteiger partial charge >= 0.3 is 0 Å². The molecule has 3 aromatic carbocycles. The van der Waals surface area contributed by atoms with Gasteiger partial charge in [0.05, 0.1) is 0 Å². The predicted molar refractivity (Wildman–Crippen MR) is 84.3 cm³/mol. The molecule has 3 aromatic rings. The standard InChI is InChI=1S/C18H17NO2/c20-15-8-5-13(6-9-15)11-19-12-17-16-4-2-1-3-14(16)7-10-18(17)21/h1-10,19-21H,11-12H2. The SMILES string of the molecule is Oc1ccc(CNCc2c(O)ccc3ccccc23)cc1. The van der Waals surface area contributed by atoms with Gasteiger partial charge in [-0.2, -0.15) is 0 Å². The maximum absolute atomic E-state index is 10.1. The normalized spacial score (nSPS) is 10.9. The van der Waals surface area contributed by atoms with E-state index in [-0.39, 0.29) is 5.75 Å². The number of hydrogen-bond donors (Lipinski definition) is 3. The lowest BCUT2D eigenvalue weighted by molar-refractivity contribution is 0.466. The van der Waals surface area contributed by atoms with E-state index in [0.717, 1.165) is 21.9 Å². The van der Waals surface area contributed by atoms with Crippen LogP contribution < -0.4 is 5.32 Å². The van der Waals surface area contributed by atoms with Crippen LogP contribution in [0.4, 0.5) is 0 Å². The topological polar surface area (TPSA) is 52.5 Å². The van der Waals surface area contributed by atoms with Crippen LogP contribution in [0.15, 0.2) is 60.7 Å². The second kappa shape index (κ2) is 5.85. The minimum atomic E-state index is 0.269. The lowest BCUT2D eigenvalue weighted by Crippen LogP contribution is -2.13. The van der Waals surface area contributed by atoms with Crippen molar-refractivity contribution in [3.8, 4) is 11.5 Å². The molecule has 0 bridgehead atoms. The quantitative estimate of drug-likeness (QED) is 0.684. The molecule has 0 heterocycles. The van der Waals surface area contributed by atoms with Crippen molar-refractivity contribution in [2.24, 2.45) is 0 Å². The summed E-state index contributed by atoms with van der Waals surface area (Å²) in [6, 6.07) is 18.8. The molecule has 0 aliphatic carbocycles. The van der Waals surface area contributed by atoms with Gasteiger partial charge in [-0.05, 0) is 34.5 Å². The summed E-state index contributed by atoms with van der Waals surface area (Å²) in [5.74, 6) is 0.581. The van der Waals surface area contributed by atoms with Crippen molar-refractivity contribution in [2.75, 3.05) is 0 Å². The largest absolute Gasteiger partial charge is 0.508 e. The number of aromatic hydroxyl groups is 2. The highest BCUT2D eigenvalue weighted by atomic mass is 16.3. The van der Waals surface area contributed by atoms with Crippen LogP contribution >= 0.6 is 0 Å². The highest BCUT2D eigenvalue weighted by Gasteiger charge is 2.06. The van der Waals surface area contributed by atoms with E-state index in [0.29, 0.717) is 18.8 Å². The molecule has 0 aliphatic rings. The third-order valence-corrected chi connectivity index (χ3v) is 3.58. The third-order valence-electron chi connectivity index (χ3n) is 3.58. The molecule has 0 fully saturated rings. The fraction of sp³-hybridized carbons (Fsp3) is 0.111. The molecule has 3 nitrogen and oxygen atoms in total. The molecule has 106 valence electrons. The Morgan fingerprint density at radius 3 is 2.33 bits per heavy atom. The van der Waals surface area contributed by atoms with Gasteiger partial charge in [-0.15, -0.1) is 0 Å². The average Bonchev–Trinajstić information content (AvgIpc) is 2.51. The van der Waals surface area contributed by atoms with Gasteiger partial charge in [0.15, 0.2) is 0 Å². The summed E-state index contributed by atoms with van der Waals surface area (Å²) >= 11 is 0. The number of hydrogen-bond acceptors (Lipinski definition) is 3. The number of nitrogens with one attached hydrogen (secondary N) is 1. The van der Waals surface area contributed by atoms with Crippen LogP contribution in [0.1, 0.15) is 11.1 Å². The van der Waals surface area contributed by atoms with E-state index in [1.165, 1.54) is 0 Å². The number of rotatable bonds is 4. The molecule has 0 radical (unpaired) electrons. The molecule has 3 rings (SSSR count). The minimum absolute atomic E-state index is 0.269. The van der Waals surface area contributed by atoms with Gasteiger partial charge in [-0.25, -0.2) is 0 Å². The third kappa shape index (κ3) is 2.98. The van der Waals surface area contributed by atoms with Gasteiger partial charge in [0.25, 0.3) is 0 Å². The van der Waals surface area contributed by atoms with Crippen LogP contribution in [0, 0.1) is 0 Å². The van der Waals surface area contributed by atoms with Crippen LogP contribution in [-0.2, 0) is 13.1 Å². The summed E-state index contributed by atoms with van der Waals surface area (Å²) in [4.78, 5) is 0. The fourth-order valence-corrected chi connectivity index (χ4v) is 2.46. The van der Waals surface area contributed by atoms with Crippen molar-refractivity contribution in [3.05, 3.63) is 71.8 Å². The Morgan fingerprint density at radius 1 is 0.762 bits per heavy atom. The molecule has 0 amide bonds. The average molecular weight is 279 g/mol. The predicted octanol–water partition coefficient (Wildman–Crippen LogP) is 3.54. The Morgan fingerprint density at radius 2 is 1.52 bits per heavy atom. The molecule has 0 atom stereocenters. The Hall–Kier alpha value is -2.52. The summed E-state index contributed by atoms with van der Waals surface area (Å²) in [7, 11) is 0. The van der Waals surface area contributed by atoms with E-state index in [9.17, 15) is 10.2 Å². The molecule has 3 heteroatoms. The molecule has 0 saturated carbocycles. The summed E-state index contributed by atoms with van der Waals surface area (Å²) in [6.07, 6.45) is 0. The molecule has 3 N–H and O–H groups in total. The van der Waals surface area contributed by atoms with E-state index in [1.807, 2.05) is 42.5 Å². The number of fused-ring (bicyclic) bond motifs is 1. The smallest absolute Gasteiger partial charge is 0.120 e. The van der Waals surface area contributed by atoms with Crippen molar-refractivity contribution in [3.63, 3.8) is 0 Å². The first-order valence-corrected chi connectivity index (χ1v) is 6.92. The summed E-state index contributed by atoms with van der Waals surface area (Å²) in [5.41, 5.74) is 2.00. The van der Waals surface area contributed by atoms with Gasteiger partial charge in [0, 0.05) is 18.7 Å². The van der Waals surface area contributed by atoms with Crippen LogP contribution in [-0.4, -0.2) is 10.2 Å². The summed E-state index contributed by atoms with van der Waals surface area (Å²) in [5, 5.41) is 24.8. The zero-order valence-electron chi connectivity index (χ0n) is 11.6. The first-order chi connectivity index (χ1) is 10.2. The molecule has 21 heavy (non-hydrogen) atoms. The Bertz CT molecular complexity index is 751. The Balaban J connectivity index is 1.76. The van der Waals surface area contributed by atoms with Gasteiger partial charge in [-0.3, -0.25) is 0 Å². The highest BCUT2D eigenvalue weighted by Crippen LogP contribution is 2.26. The van der Waals surface area contributed by atoms with Crippen LogP contribution in [0.2, 0.25) is 0 Å². The van der Waals surface area contributed by atoms with Crippen molar-refractivity contribution < 1.29 is 10.2 Å². The van der Waals surface area contributed by atoms with E-state index >= 15 is 0 Å². The highest BCUT2D eigenvalue weighted by molar-refractivity contribution is 5.87. The van der Waals surface area contributed by atoms with E-state index in [4.69, 9.17) is 0 Å². The summed E-state index contributed by atoms with van der Waals surface area (Å²) < 4.78 is 0. The van der Waals surface area contributed by atoms with Crippen molar-refractivity contribution in [2.45, 2.75) is 13.1 Å². The number of phenols is 2. The molecule has 0 unspecified atom stereocenters. The van der Waals surface area contributed by atoms with Gasteiger partial charge < -0.3 is 15.5 Å². The van der Waals surface area contributed by atoms with E-state index < -0.39 is 0 Å². The molecular weight excluding hydrogens is 262 g/mol. The molecule has 0 aliphatic heterocycles. The maximum atomic E-state index is 10.1. The van der Waals surface area contributed by atoms with Crippen LogP contribution in [0.5, 0.6) is 11.5 Å². The second-order valence-corrected chi connectivity index (χ2v) is 5.05. The lowest BCUT2D eigenvalue weighted by atomic mass is 10.0. The molecule has 0 saturated heterocycles. The van der Waals surface area contributed by atoms with Crippen molar-refractivity contribution in [1.82, 2.24) is 5.32 Å². The molecule has 0 spiro atoms. The number of phenolic OH excluding ortho intramolecular Hbond substituents is 2. The first-order valence-electron chi connectivity index (χ1n) is 6.92. The Kier molecular flexibility index (Phi) is 3.75. The minimum Gasteiger partial charge on any atom is -0.508 e. The lowest BCUT2D eigenvalue weighted by Gasteiger charge is -2.10. The van der Waals surface area contributed by atoms with Gasteiger partial charge in [0.2, 0.25) is 0 Å². The molecular formula is C18H17NO2. The first kappa shape index (κ1) is 13.5. The molecule has 0 aromatic heterocycles. The van der Waals surface area contributed by atoms with Crippen molar-refractivity contribution in [1.29, 1.82) is 0 Å².